The number of rotatable bonds is 8. The third kappa shape index (κ3) is 4.60. The Bertz CT molecular complexity index is 1080. The molecule has 0 aliphatic rings. The lowest BCUT2D eigenvalue weighted by molar-refractivity contribution is -0.119. The number of carbonyl (C=O) groups is 1. The molecular weight excluding hydrogens is 414 g/mol. The molecule has 1 atom stereocenters. The Morgan fingerprint density at radius 1 is 1.10 bits per heavy atom. The van der Waals surface area contributed by atoms with Gasteiger partial charge >= 0.3 is 0 Å². The number of nitrogens with one attached hydrogen (secondary N) is 1. The van der Waals surface area contributed by atoms with E-state index in [1.54, 1.807) is 23.7 Å². The number of hydrogen-bond donors (Lipinski definition) is 1. The number of thioether (sulfide) groups is 1. The highest BCUT2D eigenvalue weighted by Gasteiger charge is 2.19. The van der Waals surface area contributed by atoms with E-state index in [2.05, 4.69) is 20.5 Å². The smallest absolute Gasteiger partial charge is 0.231 e. The van der Waals surface area contributed by atoms with Crippen molar-refractivity contribution in [2.45, 2.75) is 24.7 Å². The predicted molar refractivity (Wildman–Crippen MR) is 120 cm³/mol. The summed E-state index contributed by atoms with van der Waals surface area (Å²) >= 11 is 3.03. The zero-order valence-electron chi connectivity index (χ0n) is 16.4. The fourth-order valence-electron chi connectivity index (χ4n) is 3.15. The van der Waals surface area contributed by atoms with Gasteiger partial charge in [-0.2, -0.15) is 0 Å². The maximum Gasteiger partial charge on any atom is 0.231 e. The van der Waals surface area contributed by atoms with Crippen molar-refractivity contribution in [2.75, 3.05) is 5.75 Å². The highest BCUT2D eigenvalue weighted by Crippen LogP contribution is 2.27. The predicted octanol–water partition coefficient (Wildman–Crippen LogP) is 4.42. The molecule has 1 aromatic carbocycles. The molecule has 0 aliphatic heterocycles. The van der Waals surface area contributed by atoms with Crippen molar-refractivity contribution < 1.29 is 4.79 Å². The van der Waals surface area contributed by atoms with Crippen LogP contribution in [0.1, 0.15) is 23.4 Å². The van der Waals surface area contributed by atoms with E-state index >= 15 is 0 Å². The zero-order chi connectivity index (χ0) is 20.8. The van der Waals surface area contributed by atoms with Crippen LogP contribution in [0, 0.1) is 0 Å². The van der Waals surface area contributed by atoms with E-state index in [0.717, 1.165) is 33.5 Å². The van der Waals surface area contributed by atoms with Crippen LogP contribution in [-0.4, -0.2) is 31.4 Å². The number of carbonyl (C=O) groups excluding carboxylic acids is 1. The van der Waals surface area contributed by atoms with Crippen LogP contribution in [0.5, 0.6) is 0 Å². The molecule has 3 aromatic heterocycles. The van der Waals surface area contributed by atoms with Gasteiger partial charge in [0, 0.05) is 29.4 Å². The molecule has 0 saturated heterocycles. The Balaban J connectivity index is 1.46. The van der Waals surface area contributed by atoms with Crippen LogP contribution in [0.3, 0.4) is 0 Å². The molecule has 1 amide bonds. The van der Waals surface area contributed by atoms with Gasteiger partial charge < -0.3 is 9.88 Å². The van der Waals surface area contributed by atoms with Gasteiger partial charge in [-0.25, -0.2) is 0 Å². The molecular formula is C22H21N5OS2. The standard InChI is InChI=1S/C22H21N5OS2/c1-2-27-21(17-10-12-23-13-11-17)25-26-22(27)30-15-19(28)24-20(18-9-6-14-29-18)16-7-4-3-5-8-16/h3-14,20H,2,15H2,1H3,(H,24,28). The van der Waals surface area contributed by atoms with Crippen molar-refractivity contribution in [3.05, 3.63) is 82.8 Å². The number of thiophene rings is 1. The van der Waals surface area contributed by atoms with E-state index in [-0.39, 0.29) is 17.7 Å². The van der Waals surface area contributed by atoms with E-state index < -0.39 is 0 Å². The summed E-state index contributed by atoms with van der Waals surface area (Å²) in [6.07, 6.45) is 3.47. The van der Waals surface area contributed by atoms with Crippen molar-refractivity contribution in [3.63, 3.8) is 0 Å². The number of benzene rings is 1. The van der Waals surface area contributed by atoms with Gasteiger partial charge in [0.15, 0.2) is 11.0 Å². The van der Waals surface area contributed by atoms with Crippen molar-refractivity contribution in [3.8, 4) is 11.4 Å². The van der Waals surface area contributed by atoms with Gasteiger partial charge in [0.05, 0.1) is 11.8 Å². The van der Waals surface area contributed by atoms with Crippen LogP contribution in [0.2, 0.25) is 0 Å². The Morgan fingerprint density at radius 2 is 1.90 bits per heavy atom. The summed E-state index contributed by atoms with van der Waals surface area (Å²) in [6.45, 7) is 2.76. The summed E-state index contributed by atoms with van der Waals surface area (Å²) in [5.74, 6) is 1.00. The van der Waals surface area contributed by atoms with Gasteiger partial charge in [-0.1, -0.05) is 48.2 Å². The summed E-state index contributed by atoms with van der Waals surface area (Å²) < 4.78 is 2.02. The number of amides is 1. The molecule has 8 heteroatoms. The molecule has 0 bridgehead atoms. The summed E-state index contributed by atoms with van der Waals surface area (Å²) in [5, 5.41) is 14.5. The van der Waals surface area contributed by atoms with E-state index in [1.165, 1.54) is 11.8 Å². The average Bonchev–Trinajstić information content (AvgIpc) is 3.47. The second-order valence-electron chi connectivity index (χ2n) is 6.50. The SMILES string of the molecule is CCn1c(SCC(=O)NC(c2ccccc2)c2cccs2)nnc1-c1ccncc1. The maximum atomic E-state index is 12.8. The summed E-state index contributed by atoms with van der Waals surface area (Å²) in [7, 11) is 0. The topological polar surface area (TPSA) is 72.7 Å². The van der Waals surface area contributed by atoms with E-state index in [9.17, 15) is 4.79 Å². The quantitative estimate of drug-likeness (QED) is 0.415. The minimum Gasteiger partial charge on any atom is -0.344 e. The fourth-order valence-corrected chi connectivity index (χ4v) is 4.76. The maximum absolute atomic E-state index is 12.8. The van der Waals surface area contributed by atoms with Gasteiger partial charge in [-0.05, 0) is 36.1 Å². The van der Waals surface area contributed by atoms with E-state index in [0.29, 0.717) is 0 Å². The number of pyridine rings is 1. The molecule has 0 spiro atoms. The van der Waals surface area contributed by atoms with Crippen LogP contribution in [-0.2, 0) is 11.3 Å². The van der Waals surface area contributed by atoms with Gasteiger partial charge in [0.1, 0.15) is 0 Å². The highest BCUT2D eigenvalue weighted by molar-refractivity contribution is 7.99. The first kappa shape index (κ1) is 20.3. The van der Waals surface area contributed by atoms with Gasteiger partial charge in [-0.15, -0.1) is 21.5 Å². The molecule has 3 heterocycles. The molecule has 0 radical (unpaired) electrons. The Hall–Kier alpha value is -2.97. The molecule has 1 unspecified atom stereocenters. The first-order chi connectivity index (χ1) is 14.8. The number of hydrogen-bond acceptors (Lipinski definition) is 6. The molecule has 152 valence electrons. The normalized spacial score (nSPS) is 11.9. The van der Waals surface area contributed by atoms with Crippen LogP contribution >= 0.6 is 23.1 Å². The lowest BCUT2D eigenvalue weighted by atomic mass is 10.1. The average molecular weight is 436 g/mol. The van der Waals surface area contributed by atoms with E-state index in [1.807, 2.05) is 71.5 Å². The van der Waals surface area contributed by atoms with E-state index in [4.69, 9.17) is 0 Å². The van der Waals surface area contributed by atoms with Gasteiger partial charge in [0.2, 0.25) is 5.91 Å². The Kier molecular flexibility index (Phi) is 6.56. The van der Waals surface area contributed by atoms with Crippen LogP contribution in [0.15, 0.2) is 77.5 Å². The molecule has 30 heavy (non-hydrogen) atoms. The molecule has 0 aliphatic carbocycles. The molecule has 1 N–H and O–H groups in total. The van der Waals surface area contributed by atoms with Crippen LogP contribution < -0.4 is 5.32 Å². The lowest BCUT2D eigenvalue weighted by Gasteiger charge is -2.18. The minimum absolute atomic E-state index is 0.0432. The monoisotopic (exact) mass is 435 g/mol. The lowest BCUT2D eigenvalue weighted by Crippen LogP contribution is -2.30. The fraction of sp³-hybridized carbons (Fsp3) is 0.182. The summed E-state index contributed by atoms with van der Waals surface area (Å²) in [6, 6.07) is 17.7. The van der Waals surface area contributed by atoms with Crippen molar-refractivity contribution >= 4 is 29.0 Å². The largest absolute Gasteiger partial charge is 0.344 e. The van der Waals surface area contributed by atoms with Gasteiger partial charge in [-0.3, -0.25) is 9.78 Å². The molecule has 4 aromatic rings. The van der Waals surface area contributed by atoms with Crippen LogP contribution in [0.25, 0.3) is 11.4 Å². The van der Waals surface area contributed by atoms with Crippen LogP contribution in [0.4, 0.5) is 0 Å². The third-order valence-corrected chi connectivity index (χ3v) is 6.47. The third-order valence-electron chi connectivity index (χ3n) is 4.57. The second-order valence-corrected chi connectivity index (χ2v) is 8.42. The molecule has 4 rings (SSSR count). The second kappa shape index (κ2) is 9.69. The minimum atomic E-state index is -0.157. The van der Waals surface area contributed by atoms with Gasteiger partial charge in [0.25, 0.3) is 0 Å². The molecule has 0 fully saturated rings. The Labute approximate surface area is 183 Å². The highest BCUT2D eigenvalue weighted by atomic mass is 32.2. The summed E-state index contributed by atoms with van der Waals surface area (Å²) in [5.41, 5.74) is 2.02. The zero-order valence-corrected chi connectivity index (χ0v) is 18.1. The summed E-state index contributed by atoms with van der Waals surface area (Å²) in [4.78, 5) is 17.9. The molecule has 0 saturated carbocycles. The molecule has 6 nitrogen and oxygen atoms in total. The first-order valence-electron chi connectivity index (χ1n) is 9.60. The van der Waals surface area contributed by atoms with Crippen molar-refractivity contribution in [2.24, 2.45) is 0 Å². The van der Waals surface area contributed by atoms with Crippen molar-refractivity contribution in [1.29, 1.82) is 0 Å². The first-order valence-corrected chi connectivity index (χ1v) is 11.5. The number of nitrogens with zero attached hydrogens (tertiary/aromatic N) is 4. The van der Waals surface area contributed by atoms with Crippen molar-refractivity contribution in [1.82, 2.24) is 25.1 Å². The Morgan fingerprint density at radius 3 is 2.60 bits per heavy atom. The number of aromatic nitrogens is 4.